The zero-order valence-corrected chi connectivity index (χ0v) is 12.9. The van der Waals surface area contributed by atoms with E-state index >= 15 is 0 Å². The molecule has 110 valence electrons. The second-order valence-corrected chi connectivity index (χ2v) is 6.40. The summed E-state index contributed by atoms with van der Waals surface area (Å²) in [6, 6.07) is 20.3. The van der Waals surface area contributed by atoms with Crippen molar-refractivity contribution in [3.63, 3.8) is 0 Å². The molecule has 0 bridgehead atoms. The first kappa shape index (κ1) is 14.3. The molecule has 0 aliphatic heterocycles. The van der Waals surface area contributed by atoms with E-state index in [1.54, 1.807) is 0 Å². The standard InChI is InChI=1S/C20H25N/c1-16-7-13-20(14-8-16)21-15-17-9-11-19(12-10-17)18-5-3-2-4-6-18/h2-6,9-12,16,20-21H,7-8,13-15H2,1H3. The van der Waals surface area contributed by atoms with Crippen LogP contribution in [0.25, 0.3) is 11.1 Å². The number of rotatable bonds is 4. The molecule has 3 rings (SSSR count). The zero-order valence-electron chi connectivity index (χ0n) is 12.9. The molecule has 0 aromatic heterocycles. The minimum atomic E-state index is 0.718. The second kappa shape index (κ2) is 6.91. The summed E-state index contributed by atoms with van der Waals surface area (Å²) in [6.07, 6.45) is 5.43. The van der Waals surface area contributed by atoms with Crippen LogP contribution in [0.5, 0.6) is 0 Å². The normalized spacial score (nSPS) is 22.1. The van der Waals surface area contributed by atoms with Gasteiger partial charge in [-0.1, -0.05) is 61.5 Å². The first-order valence-electron chi connectivity index (χ1n) is 8.19. The van der Waals surface area contributed by atoms with Gasteiger partial charge in [-0.15, -0.1) is 0 Å². The topological polar surface area (TPSA) is 12.0 Å². The van der Waals surface area contributed by atoms with Crippen LogP contribution in [0, 0.1) is 5.92 Å². The third kappa shape index (κ3) is 3.95. The van der Waals surface area contributed by atoms with E-state index in [1.807, 2.05) is 0 Å². The molecule has 1 N–H and O–H groups in total. The highest BCUT2D eigenvalue weighted by atomic mass is 14.9. The quantitative estimate of drug-likeness (QED) is 0.828. The molecule has 0 spiro atoms. The van der Waals surface area contributed by atoms with E-state index in [2.05, 4.69) is 66.8 Å². The lowest BCUT2D eigenvalue weighted by molar-refractivity contribution is 0.306. The molecular weight excluding hydrogens is 254 g/mol. The Morgan fingerprint density at radius 1 is 0.810 bits per heavy atom. The fourth-order valence-electron chi connectivity index (χ4n) is 3.17. The maximum atomic E-state index is 3.72. The second-order valence-electron chi connectivity index (χ2n) is 6.40. The Bertz CT molecular complexity index is 536. The van der Waals surface area contributed by atoms with E-state index in [9.17, 15) is 0 Å². The van der Waals surface area contributed by atoms with E-state index in [-0.39, 0.29) is 0 Å². The molecular formula is C20H25N. The first-order valence-corrected chi connectivity index (χ1v) is 8.19. The van der Waals surface area contributed by atoms with E-state index in [4.69, 9.17) is 0 Å². The Labute approximate surface area is 128 Å². The maximum Gasteiger partial charge on any atom is 0.0208 e. The van der Waals surface area contributed by atoms with Crippen LogP contribution in [0.3, 0.4) is 0 Å². The van der Waals surface area contributed by atoms with Crippen LogP contribution < -0.4 is 5.32 Å². The minimum Gasteiger partial charge on any atom is -0.310 e. The summed E-state index contributed by atoms with van der Waals surface area (Å²) in [4.78, 5) is 0. The Morgan fingerprint density at radius 3 is 2.10 bits per heavy atom. The highest BCUT2D eigenvalue weighted by molar-refractivity contribution is 5.63. The summed E-state index contributed by atoms with van der Waals surface area (Å²) < 4.78 is 0. The Morgan fingerprint density at radius 2 is 1.43 bits per heavy atom. The number of nitrogens with one attached hydrogen (secondary N) is 1. The van der Waals surface area contributed by atoms with Gasteiger partial charge in [0.1, 0.15) is 0 Å². The van der Waals surface area contributed by atoms with Gasteiger partial charge in [0.05, 0.1) is 0 Å². The molecule has 0 heterocycles. The van der Waals surface area contributed by atoms with Crippen molar-refractivity contribution >= 4 is 0 Å². The summed E-state index contributed by atoms with van der Waals surface area (Å²) in [5.74, 6) is 0.924. The van der Waals surface area contributed by atoms with Gasteiger partial charge in [-0.25, -0.2) is 0 Å². The maximum absolute atomic E-state index is 3.72. The molecule has 2 aromatic carbocycles. The first-order chi connectivity index (χ1) is 10.3. The third-order valence-electron chi connectivity index (χ3n) is 4.67. The average molecular weight is 279 g/mol. The van der Waals surface area contributed by atoms with Crippen molar-refractivity contribution in [2.75, 3.05) is 0 Å². The minimum absolute atomic E-state index is 0.718. The van der Waals surface area contributed by atoms with Gasteiger partial charge in [-0.05, 0) is 48.3 Å². The highest BCUT2D eigenvalue weighted by Gasteiger charge is 2.17. The predicted molar refractivity (Wildman–Crippen MR) is 90.1 cm³/mol. The van der Waals surface area contributed by atoms with Crippen LogP contribution in [-0.4, -0.2) is 6.04 Å². The molecule has 0 atom stereocenters. The van der Waals surface area contributed by atoms with Crippen LogP contribution in [0.15, 0.2) is 54.6 Å². The zero-order chi connectivity index (χ0) is 14.5. The summed E-state index contributed by atoms with van der Waals surface area (Å²) in [5, 5.41) is 3.72. The van der Waals surface area contributed by atoms with Crippen molar-refractivity contribution in [2.24, 2.45) is 5.92 Å². The number of hydrogen-bond acceptors (Lipinski definition) is 1. The fourth-order valence-corrected chi connectivity index (χ4v) is 3.17. The van der Waals surface area contributed by atoms with Crippen LogP contribution in [0.4, 0.5) is 0 Å². The van der Waals surface area contributed by atoms with Gasteiger partial charge in [0.15, 0.2) is 0 Å². The van der Waals surface area contributed by atoms with Gasteiger partial charge in [-0.3, -0.25) is 0 Å². The van der Waals surface area contributed by atoms with Gasteiger partial charge < -0.3 is 5.32 Å². The highest BCUT2D eigenvalue weighted by Crippen LogP contribution is 2.24. The molecule has 0 unspecified atom stereocenters. The summed E-state index contributed by atoms with van der Waals surface area (Å²) in [6.45, 7) is 3.37. The van der Waals surface area contributed by atoms with Crippen molar-refractivity contribution < 1.29 is 0 Å². The lowest BCUT2D eigenvalue weighted by Gasteiger charge is -2.27. The van der Waals surface area contributed by atoms with E-state index < -0.39 is 0 Å². The molecule has 1 nitrogen and oxygen atoms in total. The van der Waals surface area contributed by atoms with Gasteiger partial charge >= 0.3 is 0 Å². The Kier molecular flexibility index (Phi) is 4.72. The summed E-state index contributed by atoms with van der Waals surface area (Å²) >= 11 is 0. The SMILES string of the molecule is CC1CCC(NCc2ccc(-c3ccccc3)cc2)CC1. The third-order valence-corrected chi connectivity index (χ3v) is 4.67. The molecule has 2 aromatic rings. The monoisotopic (exact) mass is 279 g/mol. The van der Waals surface area contributed by atoms with Gasteiger partial charge in [0, 0.05) is 12.6 Å². The molecule has 1 saturated carbocycles. The Balaban J connectivity index is 1.55. The number of hydrogen-bond donors (Lipinski definition) is 1. The predicted octanol–water partition coefficient (Wildman–Crippen LogP) is 5.02. The van der Waals surface area contributed by atoms with Crippen LogP contribution in [0.1, 0.15) is 38.2 Å². The molecule has 1 aliphatic carbocycles. The average Bonchev–Trinajstić information content (AvgIpc) is 2.56. The van der Waals surface area contributed by atoms with Crippen molar-refractivity contribution in [1.29, 1.82) is 0 Å². The van der Waals surface area contributed by atoms with Gasteiger partial charge in [-0.2, -0.15) is 0 Å². The molecule has 0 saturated heterocycles. The summed E-state index contributed by atoms with van der Waals surface area (Å²) in [5.41, 5.74) is 3.97. The van der Waals surface area contributed by atoms with E-state index in [1.165, 1.54) is 42.4 Å². The van der Waals surface area contributed by atoms with Crippen molar-refractivity contribution in [3.8, 4) is 11.1 Å². The molecule has 0 radical (unpaired) electrons. The molecule has 21 heavy (non-hydrogen) atoms. The molecule has 1 heteroatoms. The van der Waals surface area contributed by atoms with Crippen molar-refractivity contribution in [3.05, 3.63) is 60.2 Å². The van der Waals surface area contributed by atoms with Crippen LogP contribution in [-0.2, 0) is 6.54 Å². The lowest BCUT2D eigenvalue weighted by Crippen LogP contribution is -2.32. The molecule has 1 fully saturated rings. The van der Waals surface area contributed by atoms with Crippen molar-refractivity contribution in [2.45, 2.75) is 45.2 Å². The molecule has 1 aliphatic rings. The van der Waals surface area contributed by atoms with E-state index in [0.717, 1.165) is 18.5 Å². The fraction of sp³-hybridized carbons (Fsp3) is 0.400. The largest absolute Gasteiger partial charge is 0.310 e. The van der Waals surface area contributed by atoms with Crippen LogP contribution >= 0.6 is 0 Å². The number of benzene rings is 2. The smallest absolute Gasteiger partial charge is 0.0208 e. The Hall–Kier alpha value is -1.60. The van der Waals surface area contributed by atoms with Crippen LogP contribution in [0.2, 0.25) is 0 Å². The van der Waals surface area contributed by atoms with Gasteiger partial charge in [0.25, 0.3) is 0 Å². The lowest BCUT2D eigenvalue weighted by atomic mass is 9.87. The van der Waals surface area contributed by atoms with E-state index in [0.29, 0.717) is 0 Å². The summed E-state index contributed by atoms with van der Waals surface area (Å²) in [7, 11) is 0. The van der Waals surface area contributed by atoms with Gasteiger partial charge in [0.2, 0.25) is 0 Å². The van der Waals surface area contributed by atoms with Crippen molar-refractivity contribution in [1.82, 2.24) is 5.32 Å². The molecule has 0 amide bonds.